The smallest absolute Gasteiger partial charge is 0.339 e. The maximum Gasteiger partial charge on any atom is 0.339 e. The number of fused-ring (bicyclic) bond motifs is 1. The zero-order valence-corrected chi connectivity index (χ0v) is 14.2. The van der Waals surface area contributed by atoms with Crippen LogP contribution in [0.2, 0.25) is 0 Å². The number of rotatable bonds is 3. The van der Waals surface area contributed by atoms with Crippen LogP contribution < -0.4 is 4.18 Å². The second kappa shape index (κ2) is 5.74. The van der Waals surface area contributed by atoms with Crippen LogP contribution >= 0.6 is 15.9 Å². The highest BCUT2D eigenvalue weighted by Gasteiger charge is 2.18. The summed E-state index contributed by atoms with van der Waals surface area (Å²) in [5, 5.41) is 1.91. The molecule has 0 spiro atoms. The number of benzene rings is 3. The highest BCUT2D eigenvalue weighted by Crippen LogP contribution is 2.29. The predicted octanol–water partition coefficient (Wildman–Crippen LogP) is 4.68. The third-order valence-electron chi connectivity index (χ3n) is 3.37. The third kappa shape index (κ3) is 2.87. The van der Waals surface area contributed by atoms with Gasteiger partial charge in [0.2, 0.25) is 0 Å². The minimum Gasteiger partial charge on any atom is -0.379 e. The number of halogens is 1. The second-order valence-electron chi connectivity index (χ2n) is 4.93. The fourth-order valence-electron chi connectivity index (χ4n) is 2.28. The average molecular weight is 377 g/mol. The molecule has 5 heteroatoms. The molecule has 0 N–H and O–H groups in total. The first-order chi connectivity index (χ1) is 10.5. The van der Waals surface area contributed by atoms with E-state index in [4.69, 9.17) is 4.18 Å². The van der Waals surface area contributed by atoms with Gasteiger partial charge in [0.25, 0.3) is 0 Å². The van der Waals surface area contributed by atoms with Crippen molar-refractivity contribution < 1.29 is 12.6 Å². The minimum absolute atomic E-state index is 0.185. The Morgan fingerprint density at radius 2 is 1.73 bits per heavy atom. The fraction of sp³-hybridized carbons (Fsp3) is 0.0588. The highest BCUT2D eigenvalue weighted by molar-refractivity contribution is 9.10. The molecule has 0 saturated carbocycles. The van der Waals surface area contributed by atoms with Crippen molar-refractivity contribution in [3.63, 3.8) is 0 Å². The minimum atomic E-state index is -3.83. The van der Waals surface area contributed by atoms with Crippen molar-refractivity contribution in [1.29, 1.82) is 0 Å². The largest absolute Gasteiger partial charge is 0.379 e. The maximum atomic E-state index is 12.4. The first-order valence-corrected chi connectivity index (χ1v) is 8.86. The molecule has 0 fully saturated rings. The molecule has 0 atom stereocenters. The van der Waals surface area contributed by atoms with Gasteiger partial charge in [-0.3, -0.25) is 0 Å². The van der Waals surface area contributed by atoms with E-state index in [1.54, 1.807) is 43.3 Å². The van der Waals surface area contributed by atoms with E-state index < -0.39 is 10.1 Å². The maximum absolute atomic E-state index is 12.4. The first-order valence-electron chi connectivity index (χ1n) is 6.66. The lowest BCUT2D eigenvalue weighted by molar-refractivity contribution is 0.486. The summed E-state index contributed by atoms with van der Waals surface area (Å²) in [6.07, 6.45) is 0. The lowest BCUT2D eigenvalue weighted by atomic mass is 10.1. The van der Waals surface area contributed by atoms with Crippen LogP contribution in [0.5, 0.6) is 5.75 Å². The molecular weight excluding hydrogens is 364 g/mol. The molecule has 0 aliphatic rings. The molecule has 3 aromatic rings. The van der Waals surface area contributed by atoms with E-state index in [1.807, 2.05) is 24.3 Å². The third-order valence-corrected chi connectivity index (χ3v) is 5.47. The summed E-state index contributed by atoms with van der Waals surface area (Å²) in [7, 11) is -3.83. The first kappa shape index (κ1) is 15.1. The van der Waals surface area contributed by atoms with E-state index in [-0.39, 0.29) is 4.90 Å². The van der Waals surface area contributed by atoms with Crippen molar-refractivity contribution in [1.82, 2.24) is 0 Å². The molecule has 112 valence electrons. The number of hydrogen-bond donors (Lipinski definition) is 0. The SMILES string of the molecule is Cc1ccccc1S(=O)(=O)Oc1ccc2c(Br)cccc2c1. The molecular formula is C17H13BrO3S. The number of aryl methyl sites for hydroxylation is 1. The Kier molecular flexibility index (Phi) is 3.93. The fourth-order valence-corrected chi connectivity index (χ4v) is 3.95. The van der Waals surface area contributed by atoms with Gasteiger partial charge >= 0.3 is 10.1 Å². The molecule has 0 unspecified atom stereocenters. The Hall–Kier alpha value is -1.85. The topological polar surface area (TPSA) is 43.4 Å². The molecule has 0 aliphatic carbocycles. The van der Waals surface area contributed by atoms with E-state index in [9.17, 15) is 8.42 Å². The van der Waals surface area contributed by atoms with Gasteiger partial charge in [0, 0.05) is 4.47 Å². The Morgan fingerprint density at radius 3 is 2.50 bits per heavy atom. The van der Waals surface area contributed by atoms with Gasteiger partial charge in [-0.15, -0.1) is 0 Å². The summed E-state index contributed by atoms with van der Waals surface area (Å²) in [6.45, 7) is 1.74. The molecule has 0 saturated heterocycles. The predicted molar refractivity (Wildman–Crippen MR) is 90.6 cm³/mol. The zero-order chi connectivity index (χ0) is 15.7. The summed E-state index contributed by atoms with van der Waals surface area (Å²) in [5.74, 6) is 0.300. The van der Waals surface area contributed by atoms with Crippen molar-refractivity contribution in [3.8, 4) is 5.75 Å². The van der Waals surface area contributed by atoms with Crippen LogP contribution in [-0.2, 0) is 10.1 Å². The van der Waals surface area contributed by atoms with E-state index in [0.717, 1.165) is 15.2 Å². The Labute approximate surface area is 137 Å². The Bertz CT molecular complexity index is 949. The molecule has 22 heavy (non-hydrogen) atoms. The van der Waals surface area contributed by atoms with Gasteiger partial charge < -0.3 is 4.18 Å². The van der Waals surface area contributed by atoms with Gasteiger partial charge in [0.1, 0.15) is 10.6 Å². The van der Waals surface area contributed by atoms with Crippen molar-refractivity contribution in [2.24, 2.45) is 0 Å². The van der Waals surface area contributed by atoms with Crippen LogP contribution in [0.3, 0.4) is 0 Å². The highest BCUT2D eigenvalue weighted by atomic mass is 79.9. The van der Waals surface area contributed by atoms with Crippen LogP contribution in [0.1, 0.15) is 5.56 Å². The van der Waals surface area contributed by atoms with E-state index in [0.29, 0.717) is 11.3 Å². The molecule has 0 bridgehead atoms. The van der Waals surface area contributed by atoms with Gasteiger partial charge in [0.05, 0.1) is 0 Å². The Morgan fingerprint density at radius 1 is 0.955 bits per heavy atom. The summed E-state index contributed by atoms with van der Waals surface area (Å²) in [5.41, 5.74) is 0.658. The average Bonchev–Trinajstić information content (AvgIpc) is 2.47. The number of hydrogen-bond acceptors (Lipinski definition) is 3. The summed E-state index contributed by atoms with van der Waals surface area (Å²) >= 11 is 3.47. The lowest BCUT2D eigenvalue weighted by Crippen LogP contribution is -2.11. The molecule has 0 radical (unpaired) electrons. The van der Waals surface area contributed by atoms with Crippen molar-refractivity contribution in [2.45, 2.75) is 11.8 Å². The monoisotopic (exact) mass is 376 g/mol. The summed E-state index contributed by atoms with van der Waals surface area (Å²) in [6, 6.07) is 17.7. The second-order valence-corrected chi connectivity index (χ2v) is 7.29. The van der Waals surface area contributed by atoms with Crippen molar-refractivity contribution in [3.05, 3.63) is 70.7 Å². The molecule has 0 aromatic heterocycles. The molecule has 3 rings (SSSR count). The van der Waals surface area contributed by atoms with Gasteiger partial charge in [-0.2, -0.15) is 8.42 Å². The van der Waals surface area contributed by atoms with Gasteiger partial charge in [-0.05, 0) is 53.6 Å². The van der Waals surface area contributed by atoms with Crippen molar-refractivity contribution >= 4 is 36.8 Å². The van der Waals surface area contributed by atoms with Crippen molar-refractivity contribution in [2.75, 3.05) is 0 Å². The Balaban J connectivity index is 2.01. The van der Waals surface area contributed by atoms with E-state index in [1.165, 1.54) is 0 Å². The van der Waals surface area contributed by atoms with Crippen LogP contribution in [0.4, 0.5) is 0 Å². The van der Waals surface area contributed by atoms with E-state index in [2.05, 4.69) is 15.9 Å². The van der Waals surface area contributed by atoms with Crippen LogP contribution in [0.25, 0.3) is 10.8 Å². The van der Waals surface area contributed by atoms with Gasteiger partial charge in [0.15, 0.2) is 0 Å². The standard InChI is InChI=1S/C17H13BrO3S/c1-12-5-2-3-8-17(12)22(19,20)21-14-9-10-15-13(11-14)6-4-7-16(15)18/h2-11H,1H3. The quantitative estimate of drug-likeness (QED) is 0.623. The normalized spacial score (nSPS) is 11.5. The molecule has 3 aromatic carbocycles. The molecule has 0 amide bonds. The summed E-state index contributed by atoms with van der Waals surface area (Å²) < 4.78 is 31.0. The van der Waals surface area contributed by atoms with Crippen LogP contribution in [0, 0.1) is 6.92 Å². The zero-order valence-electron chi connectivity index (χ0n) is 11.8. The molecule has 0 heterocycles. The van der Waals surface area contributed by atoms with E-state index >= 15 is 0 Å². The lowest BCUT2D eigenvalue weighted by Gasteiger charge is -2.10. The summed E-state index contributed by atoms with van der Waals surface area (Å²) in [4.78, 5) is 0.185. The van der Waals surface area contributed by atoms with Gasteiger partial charge in [-0.25, -0.2) is 0 Å². The van der Waals surface area contributed by atoms with Crippen LogP contribution in [0.15, 0.2) is 70.0 Å². The van der Waals surface area contributed by atoms with Gasteiger partial charge in [-0.1, -0.05) is 46.3 Å². The molecule has 3 nitrogen and oxygen atoms in total. The molecule has 0 aliphatic heterocycles. The van der Waals surface area contributed by atoms with Crippen LogP contribution in [-0.4, -0.2) is 8.42 Å².